The third-order valence-electron chi connectivity index (χ3n) is 3.51. The van der Waals surface area contributed by atoms with E-state index in [1.807, 2.05) is 42.5 Å². The van der Waals surface area contributed by atoms with Crippen molar-refractivity contribution in [1.82, 2.24) is 5.32 Å². The van der Waals surface area contributed by atoms with Crippen molar-refractivity contribution in [2.45, 2.75) is 13.2 Å². The maximum atomic E-state index is 6.04. The van der Waals surface area contributed by atoms with E-state index in [2.05, 4.69) is 5.32 Å². The number of furan rings is 1. The average molecular weight is 392 g/mol. The third-order valence-corrected chi connectivity index (χ3v) is 4.62. The lowest BCUT2D eigenvalue weighted by molar-refractivity contribution is 0.305. The smallest absolute Gasteiger partial charge is 0.129 e. The predicted molar refractivity (Wildman–Crippen MR) is 104 cm³/mol. The Morgan fingerprint density at radius 2 is 1.88 bits per heavy atom. The maximum absolute atomic E-state index is 6.04. The van der Waals surface area contributed by atoms with Gasteiger partial charge in [-0.2, -0.15) is 0 Å². The van der Waals surface area contributed by atoms with Crippen LogP contribution in [0.4, 0.5) is 0 Å². The number of halogens is 2. The minimum Gasteiger partial charge on any atom is -0.488 e. The van der Waals surface area contributed by atoms with Crippen LogP contribution in [-0.4, -0.2) is 4.99 Å². The monoisotopic (exact) mass is 391 g/mol. The van der Waals surface area contributed by atoms with Crippen molar-refractivity contribution in [3.8, 4) is 5.75 Å². The van der Waals surface area contributed by atoms with Crippen molar-refractivity contribution >= 4 is 40.4 Å². The fraction of sp³-hybridized carbons (Fsp3) is 0.105. The second kappa shape index (κ2) is 8.39. The van der Waals surface area contributed by atoms with Gasteiger partial charge < -0.3 is 14.5 Å². The number of hydrogen-bond acceptors (Lipinski definition) is 3. The molecule has 0 bridgehead atoms. The van der Waals surface area contributed by atoms with E-state index in [1.54, 1.807) is 18.4 Å². The Hall–Kier alpha value is -2.01. The van der Waals surface area contributed by atoms with Gasteiger partial charge in [-0.1, -0.05) is 53.6 Å². The molecule has 6 heteroatoms. The molecule has 25 heavy (non-hydrogen) atoms. The Kier molecular flexibility index (Phi) is 5.97. The van der Waals surface area contributed by atoms with Crippen LogP contribution in [0.15, 0.2) is 65.3 Å². The molecule has 3 rings (SSSR count). The molecule has 0 saturated carbocycles. The van der Waals surface area contributed by atoms with Gasteiger partial charge in [-0.05, 0) is 42.0 Å². The van der Waals surface area contributed by atoms with E-state index in [1.165, 1.54) is 0 Å². The first-order valence-corrected chi connectivity index (χ1v) is 8.76. The van der Waals surface area contributed by atoms with Crippen LogP contribution in [0.1, 0.15) is 16.9 Å². The van der Waals surface area contributed by atoms with Gasteiger partial charge in [0, 0.05) is 0 Å². The fourth-order valence-electron chi connectivity index (χ4n) is 2.25. The summed E-state index contributed by atoms with van der Waals surface area (Å²) in [6.07, 6.45) is 1.63. The van der Waals surface area contributed by atoms with E-state index in [4.69, 9.17) is 44.6 Å². The summed E-state index contributed by atoms with van der Waals surface area (Å²) in [7, 11) is 0. The Balaban J connectivity index is 1.67. The molecule has 1 aromatic heterocycles. The minimum absolute atomic E-state index is 0.370. The van der Waals surface area contributed by atoms with E-state index < -0.39 is 0 Å². The van der Waals surface area contributed by atoms with Crippen LogP contribution < -0.4 is 10.1 Å². The predicted octanol–water partition coefficient (Wildman–Crippen LogP) is 5.63. The van der Waals surface area contributed by atoms with Gasteiger partial charge in [0.1, 0.15) is 23.1 Å². The summed E-state index contributed by atoms with van der Waals surface area (Å²) in [6, 6.07) is 16.8. The number of rotatable bonds is 6. The number of nitrogens with one attached hydrogen (secondary N) is 1. The van der Waals surface area contributed by atoms with Crippen molar-refractivity contribution in [3.63, 3.8) is 0 Å². The molecule has 3 nitrogen and oxygen atoms in total. The van der Waals surface area contributed by atoms with Crippen molar-refractivity contribution < 1.29 is 9.15 Å². The minimum atomic E-state index is 0.370. The molecule has 0 aliphatic rings. The summed E-state index contributed by atoms with van der Waals surface area (Å²) in [5.74, 6) is 1.52. The first-order valence-electron chi connectivity index (χ1n) is 7.60. The van der Waals surface area contributed by atoms with Crippen LogP contribution in [-0.2, 0) is 13.2 Å². The van der Waals surface area contributed by atoms with Crippen LogP contribution in [0.3, 0.4) is 0 Å². The van der Waals surface area contributed by atoms with Gasteiger partial charge in [-0.3, -0.25) is 0 Å². The fourth-order valence-corrected chi connectivity index (χ4v) is 2.81. The van der Waals surface area contributed by atoms with E-state index in [0.717, 1.165) is 16.9 Å². The first kappa shape index (κ1) is 17.8. The number of thiocarbonyl (C=S) groups is 1. The van der Waals surface area contributed by atoms with Crippen molar-refractivity contribution in [3.05, 3.63) is 87.8 Å². The normalized spacial score (nSPS) is 10.5. The summed E-state index contributed by atoms with van der Waals surface area (Å²) in [5.41, 5.74) is 1.75. The Labute approximate surface area is 161 Å². The van der Waals surface area contributed by atoms with Crippen LogP contribution in [0.25, 0.3) is 0 Å². The molecule has 0 saturated heterocycles. The summed E-state index contributed by atoms with van der Waals surface area (Å²) in [6.45, 7) is 0.891. The van der Waals surface area contributed by atoms with Gasteiger partial charge in [0.2, 0.25) is 0 Å². The molecular weight excluding hydrogens is 377 g/mol. The standard InChI is InChI=1S/C19H15Cl2NO2S/c20-16-8-7-13(10-17(16)21)12-24-18-6-2-1-5-15(18)19(25)22-11-14-4-3-9-23-14/h1-10H,11-12H2,(H,22,25). The quantitative estimate of drug-likeness (QED) is 0.552. The van der Waals surface area contributed by atoms with E-state index in [0.29, 0.717) is 33.9 Å². The average Bonchev–Trinajstić information content (AvgIpc) is 3.14. The van der Waals surface area contributed by atoms with Gasteiger partial charge >= 0.3 is 0 Å². The highest BCUT2D eigenvalue weighted by molar-refractivity contribution is 7.80. The highest BCUT2D eigenvalue weighted by Gasteiger charge is 2.10. The molecule has 0 amide bonds. The summed E-state index contributed by atoms with van der Waals surface area (Å²) in [5, 5.41) is 4.20. The molecular formula is C19H15Cl2NO2S. The highest BCUT2D eigenvalue weighted by Crippen LogP contribution is 2.24. The number of hydrogen-bond donors (Lipinski definition) is 1. The second-order valence-electron chi connectivity index (χ2n) is 5.30. The van der Waals surface area contributed by atoms with Crippen LogP contribution in [0, 0.1) is 0 Å². The lowest BCUT2D eigenvalue weighted by atomic mass is 10.2. The number of para-hydroxylation sites is 1. The molecule has 0 spiro atoms. The van der Waals surface area contributed by atoms with E-state index >= 15 is 0 Å². The van der Waals surface area contributed by atoms with E-state index in [9.17, 15) is 0 Å². The first-order chi connectivity index (χ1) is 12.1. The Bertz CT molecular complexity index is 866. The van der Waals surface area contributed by atoms with Gasteiger partial charge in [0.25, 0.3) is 0 Å². The zero-order valence-electron chi connectivity index (χ0n) is 13.2. The highest BCUT2D eigenvalue weighted by atomic mass is 35.5. The Morgan fingerprint density at radius 3 is 2.64 bits per heavy atom. The van der Waals surface area contributed by atoms with Gasteiger partial charge in [0.05, 0.1) is 28.4 Å². The van der Waals surface area contributed by atoms with Gasteiger partial charge in [-0.25, -0.2) is 0 Å². The summed E-state index contributed by atoms with van der Waals surface area (Å²) < 4.78 is 11.2. The molecule has 1 N–H and O–H groups in total. The zero-order valence-corrected chi connectivity index (χ0v) is 15.5. The molecule has 0 fully saturated rings. The molecule has 0 aliphatic carbocycles. The molecule has 3 aromatic rings. The van der Waals surface area contributed by atoms with Crippen molar-refractivity contribution in [2.24, 2.45) is 0 Å². The van der Waals surface area contributed by atoms with Crippen molar-refractivity contribution in [2.75, 3.05) is 0 Å². The van der Waals surface area contributed by atoms with Gasteiger partial charge in [0.15, 0.2) is 0 Å². The Morgan fingerprint density at radius 1 is 1.04 bits per heavy atom. The SMILES string of the molecule is S=C(NCc1ccco1)c1ccccc1OCc1ccc(Cl)c(Cl)c1. The maximum Gasteiger partial charge on any atom is 0.129 e. The third kappa shape index (κ3) is 4.75. The number of ether oxygens (including phenoxy) is 1. The molecule has 0 unspecified atom stereocenters. The zero-order chi connectivity index (χ0) is 17.6. The summed E-state index contributed by atoms with van der Waals surface area (Å²) in [4.78, 5) is 0.598. The largest absolute Gasteiger partial charge is 0.488 e. The van der Waals surface area contributed by atoms with Gasteiger partial charge in [-0.15, -0.1) is 0 Å². The van der Waals surface area contributed by atoms with Crippen LogP contribution in [0.5, 0.6) is 5.75 Å². The van der Waals surface area contributed by atoms with Crippen LogP contribution in [0.2, 0.25) is 10.0 Å². The summed E-state index contributed by atoms with van der Waals surface area (Å²) >= 11 is 17.5. The van der Waals surface area contributed by atoms with E-state index in [-0.39, 0.29) is 0 Å². The molecule has 128 valence electrons. The topological polar surface area (TPSA) is 34.4 Å². The van der Waals surface area contributed by atoms with Crippen LogP contribution >= 0.6 is 35.4 Å². The molecule has 1 heterocycles. The molecule has 0 radical (unpaired) electrons. The van der Waals surface area contributed by atoms with Crippen molar-refractivity contribution in [1.29, 1.82) is 0 Å². The molecule has 2 aromatic carbocycles. The lowest BCUT2D eigenvalue weighted by Gasteiger charge is -2.13. The molecule has 0 atom stereocenters. The molecule has 0 aliphatic heterocycles. The second-order valence-corrected chi connectivity index (χ2v) is 6.52. The number of benzene rings is 2. The lowest BCUT2D eigenvalue weighted by Crippen LogP contribution is -2.22.